The summed E-state index contributed by atoms with van der Waals surface area (Å²) >= 11 is 6.42. The molecule has 5 rings (SSSR count). The van der Waals surface area contributed by atoms with Gasteiger partial charge in [0, 0.05) is 25.4 Å². The summed E-state index contributed by atoms with van der Waals surface area (Å²) in [6.07, 6.45) is 1.87. The van der Waals surface area contributed by atoms with E-state index in [9.17, 15) is 9.59 Å². The number of benzene rings is 2. The summed E-state index contributed by atoms with van der Waals surface area (Å²) < 4.78 is 11.6. The van der Waals surface area contributed by atoms with Gasteiger partial charge in [-0.25, -0.2) is 4.79 Å². The minimum Gasteiger partial charge on any atom is -0.495 e. The van der Waals surface area contributed by atoms with E-state index in [1.807, 2.05) is 47.2 Å². The number of hydrogen-bond acceptors (Lipinski definition) is 4. The standard InChI is InChI=1S/C23H20ClN5O3/c1-4-27-21(30)19-20(26(2)23(27)31)25-22-28(19)13-17(14-8-6-5-7-9-14)29(22)15-10-11-18(32-3)16(24)12-15/h5-13H,4H2,1-3H3. The lowest BCUT2D eigenvalue weighted by atomic mass is 10.1. The van der Waals surface area contributed by atoms with Crippen molar-refractivity contribution in [1.82, 2.24) is 23.1 Å². The molecule has 8 nitrogen and oxygen atoms in total. The molecule has 9 heteroatoms. The summed E-state index contributed by atoms with van der Waals surface area (Å²) in [6, 6.07) is 15.3. The number of aryl methyl sites for hydroxylation is 1. The third-order valence-corrected chi connectivity index (χ3v) is 5.92. The van der Waals surface area contributed by atoms with Crippen LogP contribution in [0.2, 0.25) is 5.02 Å². The van der Waals surface area contributed by atoms with Gasteiger partial charge >= 0.3 is 5.69 Å². The first kappa shape index (κ1) is 20.1. The fourth-order valence-electron chi connectivity index (χ4n) is 4.04. The van der Waals surface area contributed by atoms with Crippen LogP contribution in [0.1, 0.15) is 6.92 Å². The molecule has 0 radical (unpaired) electrons. The molecule has 0 saturated carbocycles. The minimum absolute atomic E-state index is 0.273. The molecule has 0 spiro atoms. The molecule has 2 aromatic carbocycles. The number of ether oxygens (including phenoxy) is 1. The number of aromatic nitrogens is 5. The molecule has 0 aliphatic heterocycles. The fourth-order valence-corrected chi connectivity index (χ4v) is 4.29. The molecule has 3 aromatic heterocycles. The molecule has 0 atom stereocenters. The van der Waals surface area contributed by atoms with Crippen molar-refractivity contribution in [2.45, 2.75) is 13.5 Å². The van der Waals surface area contributed by atoms with E-state index in [1.165, 1.54) is 9.13 Å². The predicted octanol–water partition coefficient (Wildman–Crippen LogP) is 3.49. The maximum absolute atomic E-state index is 13.2. The highest BCUT2D eigenvalue weighted by atomic mass is 35.5. The molecule has 0 aliphatic carbocycles. The zero-order chi connectivity index (χ0) is 22.6. The van der Waals surface area contributed by atoms with E-state index >= 15 is 0 Å². The summed E-state index contributed by atoms with van der Waals surface area (Å²) in [7, 11) is 3.18. The van der Waals surface area contributed by atoms with Crippen molar-refractivity contribution in [2.24, 2.45) is 7.05 Å². The van der Waals surface area contributed by atoms with Crippen LogP contribution in [0.5, 0.6) is 5.75 Å². The normalized spacial score (nSPS) is 11.5. The van der Waals surface area contributed by atoms with Crippen LogP contribution in [0, 0.1) is 0 Å². The van der Waals surface area contributed by atoms with Crippen molar-refractivity contribution in [1.29, 1.82) is 0 Å². The van der Waals surface area contributed by atoms with Gasteiger partial charge in [-0.2, -0.15) is 4.98 Å². The molecule has 162 valence electrons. The van der Waals surface area contributed by atoms with Crippen LogP contribution in [0.4, 0.5) is 0 Å². The fraction of sp³-hybridized carbons (Fsp3) is 0.174. The summed E-state index contributed by atoms with van der Waals surface area (Å²) in [5.41, 5.74) is 2.43. The van der Waals surface area contributed by atoms with E-state index in [0.717, 1.165) is 16.9 Å². The Balaban J connectivity index is 1.94. The molecule has 0 bridgehead atoms. The largest absolute Gasteiger partial charge is 0.495 e. The zero-order valence-electron chi connectivity index (χ0n) is 17.7. The third kappa shape index (κ3) is 2.80. The first-order chi connectivity index (χ1) is 15.5. The lowest BCUT2D eigenvalue weighted by Gasteiger charge is -2.11. The number of rotatable bonds is 4. The number of nitrogens with zero attached hydrogens (tertiary/aromatic N) is 5. The van der Waals surface area contributed by atoms with Crippen LogP contribution in [0.25, 0.3) is 33.9 Å². The highest BCUT2D eigenvalue weighted by Gasteiger charge is 2.22. The highest BCUT2D eigenvalue weighted by molar-refractivity contribution is 6.32. The van der Waals surface area contributed by atoms with Gasteiger partial charge in [-0.15, -0.1) is 0 Å². The predicted molar refractivity (Wildman–Crippen MR) is 124 cm³/mol. The summed E-state index contributed by atoms with van der Waals surface area (Å²) in [6.45, 7) is 2.04. The minimum atomic E-state index is -0.395. The van der Waals surface area contributed by atoms with Crippen molar-refractivity contribution >= 4 is 28.5 Å². The lowest BCUT2D eigenvalue weighted by Crippen LogP contribution is -2.38. The molecule has 5 aromatic rings. The third-order valence-electron chi connectivity index (χ3n) is 5.63. The van der Waals surface area contributed by atoms with Gasteiger partial charge in [0.2, 0.25) is 5.78 Å². The van der Waals surface area contributed by atoms with E-state index in [-0.39, 0.29) is 12.1 Å². The molecule has 0 saturated heterocycles. The number of methoxy groups -OCH3 is 1. The number of imidazole rings is 2. The quantitative estimate of drug-likeness (QED) is 0.421. The van der Waals surface area contributed by atoms with Crippen LogP contribution in [0.15, 0.2) is 64.3 Å². The topological polar surface area (TPSA) is 75.5 Å². The van der Waals surface area contributed by atoms with Gasteiger partial charge in [0.25, 0.3) is 5.56 Å². The molecule has 0 fully saturated rings. The van der Waals surface area contributed by atoms with Gasteiger partial charge < -0.3 is 4.74 Å². The van der Waals surface area contributed by atoms with Gasteiger partial charge in [-0.05, 0) is 25.1 Å². The Morgan fingerprint density at radius 1 is 1.09 bits per heavy atom. The molecule has 0 unspecified atom stereocenters. The molecule has 3 heterocycles. The monoisotopic (exact) mass is 449 g/mol. The average molecular weight is 450 g/mol. The van der Waals surface area contributed by atoms with Crippen molar-refractivity contribution in [3.63, 3.8) is 0 Å². The van der Waals surface area contributed by atoms with Crippen molar-refractivity contribution in [3.8, 4) is 22.7 Å². The van der Waals surface area contributed by atoms with E-state index in [4.69, 9.17) is 21.3 Å². The Kier molecular flexibility index (Phi) is 4.67. The van der Waals surface area contributed by atoms with Gasteiger partial charge in [-0.1, -0.05) is 41.9 Å². The van der Waals surface area contributed by atoms with Crippen LogP contribution < -0.4 is 16.0 Å². The Hall–Kier alpha value is -3.78. The second kappa shape index (κ2) is 7.42. The maximum Gasteiger partial charge on any atom is 0.332 e. The first-order valence-corrected chi connectivity index (χ1v) is 10.5. The van der Waals surface area contributed by atoms with Crippen molar-refractivity contribution in [3.05, 3.63) is 80.6 Å². The molecule has 0 N–H and O–H groups in total. The molecule has 0 amide bonds. The Labute approximate surface area is 187 Å². The molecular formula is C23H20ClN5O3. The molecular weight excluding hydrogens is 430 g/mol. The second-order valence-electron chi connectivity index (χ2n) is 7.38. The van der Waals surface area contributed by atoms with Crippen molar-refractivity contribution < 1.29 is 4.74 Å². The van der Waals surface area contributed by atoms with Gasteiger partial charge in [0.15, 0.2) is 11.2 Å². The van der Waals surface area contributed by atoms with E-state index < -0.39 is 5.69 Å². The van der Waals surface area contributed by atoms with Crippen molar-refractivity contribution in [2.75, 3.05) is 7.11 Å². The van der Waals surface area contributed by atoms with Gasteiger partial charge in [0.05, 0.1) is 23.5 Å². The second-order valence-corrected chi connectivity index (χ2v) is 7.79. The first-order valence-electron chi connectivity index (χ1n) is 10.1. The molecule has 0 aliphatic rings. The highest BCUT2D eigenvalue weighted by Crippen LogP contribution is 2.32. The van der Waals surface area contributed by atoms with E-state index in [2.05, 4.69) is 0 Å². The van der Waals surface area contributed by atoms with E-state index in [0.29, 0.717) is 27.7 Å². The lowest BCUT2D eigenvalue weighted by molar-refractivity contribution is 0.415. The van der Waals surface area contributed by atoms with E-state index in [1.54, 1.807) is 37.6 Å². The summed E-state index contributed by atoms with van der Waals surface area (Å²) in [5, 5.41) is 0.452. The average Bonchev–Trinajstić information content (AvgIpc) is 3.35. The van der Waals surface area contributed by atoms with Crippen LogP contribution in [-0.4, -0.2) is 30.2 Å². The number of hydrogen-bond donors (Lipinski definition) is 0. The zero-order valence-corrected chi connectivity index (χ0v) is 18.5. The Bertz CT molecular complexity index is 1610. The van der Waals surface area contributed by atoms with Gasteiger partial charge in [0.1, 0.15) is 5.75 Å². The SMILES string of the molecule is CCn1c(=O)c2c(nc3n(-c4ccc(OC)c(Cl)c4)c(-c4ccccc4)cn23)n(C)c1=O. The molecule has 32 heavy (non-hydrogen) atoms. The Morgan fingerprint density at radius 3 is 2.50 bits per heavy atom. The van der Waals surface area contributed by atoms with Gasteiger partial charge in [-0.3, -0.25) is 22.9 Å². The van der Waals surface area contributed by atoms with Crippen LogP contribution in [0.3, 0.4) is 0 Å². The maximum atomic E-state index is 13.2. The Morgan fingerprint density at radius 2 is 1.84 bits per heavy atom. The van der Waals surface area contributed by atoms with Crippen LogP contribution >= 0.6 is 11.6 Å². The smallest absolute Gasteiger partial charge is 0.332 e. The number of fused-ring (bicyclic) bond motifs is 3. The summed E-state index contributed by atoms with van der Waals surface area (Å²) in [5.74, 6) is 1.06. The van der Waals surface area contributed by atoms with Crippen LogP contribution in [-0.2, 0) is 13.6 Å². The summed E-state index contributed by atoms with van der Waals surface area (Å²) in [4.78, 5) is 30.5. The number of halogens is 1.